The average Bonchev–Trinajstić information content (AvgIpc) is 3.01. The molecule has 0 aliphatic rings. The van der Waals surface area contributed by atoms with E-state index in [9.17, 15) is 19.2 Å². The van der Waals surface area contributed by atoms with Gasteiger partial charge in [-0.25, -0.2) is 4.79 Å². The molecule has 0 fully saturated rings. The van der Waals surface area contributed by atoms with E-state index in [0.29, 0.717) is 22.6 Å². The molecule has 0 radical (unpaired) electrons. The minimum absolute atomic E-state index is 0.0254. The van der Waals surface area contributed by atoms with E-state index < -0.39 is 36.1 Å². The van der Waals surface area contributed by atoms with Crippen LogP contribution in [0.5, 0.6) is 34.5 Å². The van der Waals surface area contributed by atoms with Gasteiger partial charge in [-0.1, -0.05) is 24.3 Å². The highest BCUT2D eigenvalue weighted by atomic mass is 16.6. The zero-order valence-corrected chi connectivity index (χ0v) is 25.7. The zero-order chi connectivity index (χ0) is 32.9. The minimum atomic E-state index is -1.17. The fourth-order valence-corrected chi connectivity index (χ4v) is 4.10. The second-order valence-electron chi connectivity index (χ2n) is 9.31. The lowest BCUT2D eigenvalue weighted by molar-refractivity contribution is -0.156. The van der Waals surface area contributed by atoms with Crippen LogP contribution in [-0.2, 0) is 28.7 Å². The summed E-state index contributed by atoms with van der Waals surface area (Å²) in [6.45, 7) is 3.37. The summed E-state index contributed by atoms with van der Waals surface area (Å²) in [5.74, 6) is -1.12. The number of esters is 4. The Morgan fingerprint density at radius 3 is 1.82 bits per heavy atom. The molecule has 0 saturated heterocycles. The minimum Gasteiger partial charge on any atom is -0.493 e. The van der Waals surface area contributed by atoms with E-state index in [-0.39, 0.29) is 29.6 Å². The van der Waals surface area contributed by atoms with Crippen LogP contribution in [0.3, 0.4) is 0 Å². The molecule has 0 N–H and O–H groups in total. The lowest BCUT2D eigenvalue weighted by Gasteiger charge is -2.28. The number of benzene rings is 3. The van der Waals surface area contributed by atoms with E-state index in [1.807, 2.05) is 0 Å². The van der Waals surface area contributed by atoms with Crippen molar-refractivity contribution in [3.05, 3.63) is 77.9 Å². The summed E-state index contributed by atoms with van der Waals surface area (Å²) in [7, 11) is 4.20. The third-order valence-corrected chi connectivity index (χ3v) is 5.98. The fraction of sp³-hybridized carbons (Fsp3) is 0.273. The largest absolute Gasteiger partial charge is 0.493 e. The molecule has 0 spiro atoms. The Kier molecular flexibility index (Phi) is 12.4. The van der Waals surface area contributed by atoms with Crippen molar-refractivity contribution in [3.63, 3.8) is 0 Å². The van der Waals surface area contributed by atoms with Crippen molar-refractivity contribution in [2.75, 3.05) is 27.9 Å². The summed E-state index contributed by atoms with van der Waals surface area (Å²) >= 11 is 0. The molecule has 0 heterocycles. The van der Waals surface area contributed by atoms with Gasteiger partial charge in [0.25, 0.3) is 0 Å². The predicted octanol–water partition coefficient (Wildman–Crippen LogP) is 4.87. The maximum atomic E-state index is 12.8. The van der Waals surface area contributed by atoms with E-state index >= 15 is 0 Å². The molecule has 0 amide bonds. The van der Waals surface area contributed by atoms with Crippen molar-refractivity contribution in [2.45, 2.75) is 33.0 Å². The fourth-order valence-electron chi connectivity index (χ4n) is 4.10. The highest BCUT2D eigenvalue weighted by Crippen LogP contribution is 2.42. The molecule has 45 heavy (non-hydrogen) atoms. The topological polar surface area (TPSA) is 142 Å². The van der Waals surface area contributed by atoms with Gasteiger partial charge in [0.15, 0.2) is 35.2 Å². The molecule has 3 aromatic carbocycles. The van der Waals surface area contributed by atoms with Gasteiger partial charge in [0, 0.05) is 32.4 Å². The van der Waals surface area contributed by atoms with Gasteiger partial charge in [0.05, 0.1) is 21.3 Å². The number of methoxy groups -OCH3 is 3. The first kappa shape index (κ1) is 34.0. The highest BCUT2D eigenvalue weighted by molar-refractivity contribution is 5.87. The van der Waals surface area contributed by atoms with Crippen LogP contribution in [0.15, 0.2) is 66.7 Å². The van der Waals surface area contributed by atoms with Crippen molar-refractivity contribution in [2.24, 2.45) is 0 Å². The van der Waals surface area contributed by atoms with E-state index in [1.165, 1.54) is 66.4 Å². The molecular formula is C33H34O12. The number of rotatable bonds is 14. The number of hydrogen-bond acceptors (Lipinski definition) is 12. The summed E-state index contributed by atoms with van der Waals surface area (Å²) in [4.78, 5) is 48.0. The molecule has 0 unspecified atom stereocenters. The molecular weight excluding hydrogens is 588 g/mol. The lowest BCUT2D eigenvalue weighted by Crippen LogP contribution is -2.34. The first-order chi connectivity index (χ1) is 21.5. The third-order valence-electron chi connectivity index (χ3n) is 5.98. The normalized spacial score (nSPS) is 12.0. The van der Waals surface area contributed by atoms with Crippen LogP contribution in [0.1, 0.15) is 38.0 Å². The standard InChI is InChI=1S/C33H34O12/c1-20(34)42-25-14-11-23(12-15-25)13-16-31(37)41-19-30(45-27-10-8-7-9-26(27)38-4)32(43-21(2)35)24-17-28(39-5)33(44-22(3)36)29(18-24)40-6/h7-18,30,32H,19H2,1-6H3/b16-13+/t30-,32-/m1/s1. The smallest absolute Gasteiger partial charge is 0.330 e. The Hall–Kier alpha value is -5.52. The summed E-state index contributed by atoms with van der Waals surface area (Å²) in [5.41, 5.74) is 0.976. The average molecular weight is 623 g/mol. The van der Waals surface area contributed by atoms with Crippen molar-refractivity contribution < 1.29 is 57.1 Å². The number of para-hydroxylation sites is 2. The molecule has 2 atom stereocenters. The summed E-state index contributed by atoms with van der Waals surface area (Å²) in [6.07, 6.45) is 0.442. The number of carbonyl (C=O) groups is 4. The van der Waals surface area contributed by atoms with Gasteiger partial charge in [-0.3, -0.25) is 14.4 Å². The van der Waals surface area contributed by atoms with Gasteiger partial charge in [-0.2, -0.15) is 0 Å². The van der Waals surface area contributed by atoms with Crippen molar-refractivity contribution in [1.82, 2.24) is 0 Å². The molecule has 3 aromatic rings. The first-order valence-electron chi connectivity index (χ1n) is 13.6. The Morgan fingerprint density at radius 2 is 1.29 bits per heavy atom. The van der Waals surface area contributed by atoms with E-state index in [1.54, 1.807) is 48.5 Å². The van der Waals surface area contributed by atoms with E-state index in [2.05, 4.69) is 0 Å². The van der Waals surface area contributed by atoms with Gasteiger partial charge in [0.2, 0.25) is 5.75 Å². The summed E-state index contributed by atoms with van der Waals surface area (Å²) < 4.78 is 44.1. The molecule has 238 valence electrons. The Bertz CT molecular complexity index is 1500. The van der Waals surface area contributed by atoms with E-state index in [4.69, 9.17) is 37.9 Å². The first-order valence-corrected chi connectivity index (χ1v) is 13.6. The quantitative estimate of drug-likeness (QED) is 0.137. The van der Waals surface area contributed by atoms with Gasteiger partial charge < -0.3 is 37.9 Å². The predicted molar refractivity (Wildman–Crippen MR) is 161 cm³/mol. The van der Waals surface area contributed by atoms with E-state index in [0.717, 1.165) is 0 Å². The molecule has 0 aliphatic carbocycles. The molecule has 0 bridgehead atoms. The SMILES string of the molecule is COc1ccccc1O[C@H](COC(=O)/C=C/c1ccc(OC(C)=O)cc1)[C@H](OC(C)=O)c1cc(OC)c(OC(C)=O)c(OC)c1. The maximum absolute atomic E-state index is 12.8. The zero-order valence-electron chi connectivity index (χ0n) is 25.7. The molecule has 12 heteroatoms. The van der Waals surface area contributed by atoms with Gasteiger partial charge in [-0.15, -0.1) is 0 Å². The molecule has 0 saturated carbocycles. The molecule has 0 aliphatic heterocycles. The Morgan fingerprint density at radius 1 is 0.711 bits per heavy atom. The molecule has 3 rings (SSSR count). The van der Waals surface area contributed by atoms with Crippen LogP contribution in [0, 0.1) is 0 Å². The Balaban J connectivity index is 1.96. The molecule has 12 nitrogen and oxygen atoms in total. The number of hydrogen-bond donors (Lipinski definition) is 0. The van der Waals surface area contributed by atoms with Crippen LogP contribution in [0.4, 0.5) is 0 Å². The van der Waals surface area contributed by atoms with Crippen LogP contribution in [0.25, 0.3) is 6.08 Å². The summed E-state index contributed by atoms with van der Waals surface area (Å²) in [6, 6.07) is 16.3. The van der Waals surface area contributed by atoms with Crippen LogP contribution >= 0.6 is 0 Å². The third kappa shape index (κ3) is 10.0. The number of carbonyl (C=O) groups excluding carboxylic acids is 4. The van der Waals surface area contributed by atoms with Crippen LogP contribution < -0.4 is 28.4 Å². The van der Waals surface area contributed by atoms with Crippen LogP contribution in [0.2, 0.25) is 0 Å². The summed E-state index contributed by atoms with van der Waals surface area (Å²) in [5, 5.41) is 0. The van der Waals surface area contributed by atoms with Gasteiger partial charge >= 0.3 is 23.9 Å². The lowest BCUT2D eigenvalue weighted by atomic mass is 10.0. The van der Waals surface area contributed by atoms with Crippen molar-refractivity contribution in [3.8, 4) is 34.5 Å². The van der Waals surface area contributed by atoms with Crippen LogP contribution in [-0.4, -0.2) is 57.9 Å². The monoisotopic (exact) mass is 622 g/mol. The number of ether oxygens (including phenoxy) is 8. The maximum Gasteiger partial charge on any atom is 0.330 e. The molecule has 0 aromatic heterocycles. The Labute approximate surface area is 260 Å². The van der Waals surface area contributed by atoms with Crippen molar-refractivity contribution >= 4 is 30.0 Å². The van der Waals surface area contributed by atoms with Gasteiger partial charge in [-0.05, 0) is 48.0 Å². The highest BCUT2D eigenvalue weighted by Gasteiger charge is 2.33. The second-order valence-corrected chi connectivity index (χ2v) is 9.31. The second kappa shape index (κ2) is 16.4. The van der Waals surface area contributed by atoms with Gasteiger partial charge in [0.1, 0.15) is 12.4 Å². The van der Waals surface area contributed by atoms with Crippen molar-refractivity contribution in [1.29, 1.82) is 0 Å².